The average molecular weight is 422 g/mol. The highest BCUT2D eigenvalue weighted by atomic mass is 32.1. The van der Waals surface area contributed by atoms with Gasteiger partial charge in [0.25, 0.3) is 5.91 Å². The van der Waals surface area contributed by atoms with Gasteiger partial charge in [0.1, 0.15) is 16.1 Å². The number of nitrogens with one attached hydrogen (secondary N) is 1. The molecule has 1 atom stereocenters. The minimum Gasteiger partial charge on any atom is -0.351 e. The second-order valence-electron chi connectivity index (χ2n) is 8.96. The van der Waals surface area contributed by atoms with E-state index in [1.165, 1.54) is 0 Å². The van der Waals surface area contributed by atoms with Gasteiger partial charge in [-0.2, -0.15) is 0 Å². The fourth-order valence-corrected chi connectivity index (χ4v) is 5.84. The van der Waals surface area contributed by atoms with Gasteiger partial charge in [-0.15, -0.1) is 11.3 Å². The molecular weight excluding hydrogens is 394 g/mol. The minimum atomic E-state index is -0.999. The lowest BCUT2D eigenvalue weighted by molar-refractivity contribution is -0.127. The van der Waals surface area contributed by atoms with Crippen LogP contribution in [-0.2, 0) is 11.3 Å². The average Bonchev–Trinajstić information content (AvgIpc) is 3.43. The maximum atomic E-state index is 13.8. The first-order chi connectivity index (χ1) is 14.4. The molecule has 0 radical (unpaired) electrons. The molecule has 0 unspecified atom stereocenters. The Labute approximate surface area is 180 Å². The molecular formula is C24H27N3O2S. The van der Waals surface area contributed by atoms with E-state index in [0.29, 0.717) is 12.2 Å². The molecule has 2 aromatic heterocycles. The molecule has 1 fully saturated rings. The van der Waals surface area contributed by atoms with Crippen molar-refractivity contribution >= 4 is 39.1 Å². The van der Waals surface area contributed by atoms with Crippen LogP contribution in [-0.4, -0.2) is 28.0 Å². The van der Waals surface area contributed by atoms with Gasteiger partial charge in [-0.25, -0.2) is 0 Å². The number of hydrogen-bond donors (Lipinski definition) is 1. The summed E-state index contributed by atoms with van der Waals surface area (Å²) in [6, 6.07) is 10.3. The third-order valence-corrected chi connectivity index (χ3v) is 7.62. The molecule has 2 amide bonds. The lowest BCUT2D eigenvalue weighted by Gasteiger charge is -2.45. The number of benzene rings is 1. The first-order valence-electron chi connectivity index (χ1n) is 10.7. The van der Waals surface area contributed by atoms with Crippen LogP contribution >= 0.6 is 11.3 Å². The summed E-state index contributed by atoms with van der Waals surface area (Å²) in [6.45, 7) is 6.39. The Hall–Kier alpha value is -2.60. The molecule has 1 aromatic carbocycles. The normalized spacial score (nSPS) is 22.0. The molecule has 3 aromatic rings. The number of thiophene rings is 1. The van der Waals surface area contributed by atoms with Gasteiger partial charge in [0.2, 0.25) is 5.91 Å². The van der Waals surface area contributed by atoms with E-state index in [2.05, 4.69) is 5.32 Å². The third-order valence-electron chi connectivity index (χ3n) is 6.67. The number of aryl methyl sites for hydroxylation is 2. The SMILES string of the molecule is Cc1ccc(C)c(N2C(=O)c3cc4ccsc4n3C[C@@]2(C)C(=O)NC2CCCC2)c1. The highest BCUT2D eigenvalue weighted by Crippen LogP contribution is 2.39. The Balaban J connectivity index is 1.66. The van der Waals surface area contributed by atoms with E-state index in [0.717, 1.165) is 52.7 Å². The Morgan fingerprint density at radius 2 is 1.93 bits per heavy atom. The van der Waals surface area contributed by atoms with Gasteiger partial charge in [-0.1, -0.05) is 25.0 Å². The van der Waals surface area contributed by atoms with Gasteiger partial charge >= 0.3 is 0 Å². The smallest absolute Gasteiger partial charge is 0.275 e. The van der Waals surface area contributed by atoms with E-state index in [1.807, 2.05) is 61.1 Å². The minimum absolute atomic E-state index is 0.0623. The number of rotatable bonds is 3. The van der Waals surface area contributed by atoms with Crippen molar-refractivity contribution in [2.45, 2.75) is 64.6 Å². The summed E-state index contributed by atoms with van der Waals surface area (Å²) in [4.78, 5) is 30.3. The first-order valence-corrected chi connectivity index (χ1v) is 11.6. The fourth-order valence-electron chi connectivity index (χ4n) is 4.95. The topological polar surface area (TPSA) is 54.3 Å². The molecule has 1 N–H and O–H groups in total. The van der Waals surface area contributed by atoms with E-state index in [9.17, 15) is 9.59 Å². The number of carbonyl (C=O) groups excluding carboxylic acids is 2. The summed E-state index contributed by atoms with van der Waals surface area (Å²) >= 11 is 1.62. The number of carbonyl (C=O) groups is 2. The summed E-state index contributed by atoms with van der Waals surface area (Å²) < 4.78 is 2.04. The summed E-state index contributed by atoms with van der Waals surface area (Å²) in [6.07, 6.45) is 4.34. The van der Waals surface area contributed by atoms with Gasteiger partial charge < -0.3 is 9.88 Å². The van der Waals surface area contributed by atoms with Gasteiger partial charge in [0.15, 0.2) is 0 Å². The Bertz CT molecular complexity index is 1150. The molecule has 5 rings (SSSR count). The zero-order chi connectivity index (χ0) is 21.0. The van der Waals surface area contributed by atoms with Gasteiger partial charge in [-0.3, -0.25) is 14.5 Å². The maximum Gasteiger partial charge on any atom is 0.275 e. The molecule has 2 aliphatic rings. The summed E-state index contributed by atoms with van der Waals surface area (Å²) in [5.74, 6) is -0.171. The second-order valence-corrected chi connectivity index (χ2v) is 9.85. The van der Waals surface area contributed by atoms with Crippen LogP contribution in [0.4, 0.5) is 5.69 Å². The second kappa shape index (κ2) is 6.98. The van der Waals surface area contributed by atoms with Gasteiger partial charge in [-0.05, 0) is 68.3 Å². The largest absolute Gasteiger partial charge is 0.351 e. The molecule has 1 aliphatic carbocycles. The standard InChI is InChI=1S/C24H27N3O2S/c1-15-8-9-16(2)19(12-15)27-21(28)20-13-17-10-11-30-22(17)26(20)14-24(27,3)23(29)25-18-6-4-5-7-18/h8-13,18H,4-7,14H2,1-3H3,(H,25,29)/t24-/m0/s1. The highest BCUT2D eigenvalue weighted by molar-refractivity contribution is 7.16. The number of anilines is 1. The molecule has 3 heterocycles. The molecule has 1 saturated carbocycles. The molecule has 5 nitrogen and oxygen atoms in total. The highest BCUT2D eigenvalue weighted by Gasteiger charge is 2.49. The molecule has 1 aliphatic heterocycles. The van der Waals surface area contributed by atoms with Crippen LogP contribution in [0.2, 0.25) is 0 Å². The molecule has 30 heavy (non-hydrogen) atoms. The zero-order valence-electron chi connectivity index (χ0n) is 17.7. The van der Waals surface area contributed by atoms with Crippen molar-refractivity contribution in [2.75, 3.05) is 4.90 Å². The van der Waals surface area contributed by atoms with Crippen molar-refractivity contribution in [3.05, 3.63) is 52.5 Å². The van der Waals surface area contributed by atoms with Gasteiger partial charge in [0, 0.05) is 17.1 Å². The van der Waals surface area contributed by atoms with Crippen LogP contribution in [0.25, 0.3) is 10.2 Å². The number of fused-ring (bicyclic) bond motifs is 3. The third kappa shape index (κ3) is 2.88. The Morgan fingerprint density at radius 3 is 2.70 bits per heavy atom. The van der Waals surface area contributed by atoms with E-state index in [1.54, 1.807) is 16.2 Å². The number of nitrogens with zero attached hydrogens (tertiary/aromatic N) is 2. The van der Waals surface area contributed by atoms with Crippen LogP contribution in [0.15, 0.2) is 35.7 Å². The van der Waals surface area contributed by atoms with Crippen molar-refractivity contribution in [3.8, 4) is 0 Å². The van der Waals surface area contributed by atoms with Crippen molar-refractivity contribution in [1.82, 2.24) is 9.88 Å². The number of aromatic nitrogens is 1. The fraction of sp³-hybridized carbons (Fsp3) is 0.417. The van der Waals surface area contributed by atoms with Crippen molar-refractivity contribution in [1.29, 1.82) is 0 Å². The summed E-state index contributed by atoms with van der Waals surface area (Å²) in [5.41, 5.74) is 2.55. The Kier molecular flexibility index (Phi) is 4.51. The van der Waals surface area contributed by atoms with E-state index in [-0.39, 0.29) is 17.9 Å². The predicted molar refractivity (Wildman–Crippen MR) is 121 cm³/mol. The molecule has 0 spiro atoms. The van der Waals surface area contributed by atoms with Crippen LogP contribution in [0, 0.1) is 13.8 Å². The van der Waals surface area contributed by atoms with Crippen LogP contribution in [0.3, 0.4) is 0 Å². The molecule has 0 saturated heterocycles. The van der Waals surface area contributed by atoms with Crippen LogP contribution < -0.4 is 10.2 Å². The predicted octanol–water partition coefficient (Wildman–Crippen LogP) is 4.80. The van der Waals surface area contributed by atoms with Crippen molar-refractivity contribution < 1.29 is 9.59 Å². The van der Waals surface area contributed by atoms with Gasteiger partial charge in [0.05, 0.1) is 6.54 Å². The van der Waals surface area contributed by atoms with E-state index in [4.69, 9.17) is 0 Å². The molecule has 156 valence electrons. The summed E-state index contributed by atoms with van der Waals surface area (Å²) in [5, 5.41) is 6.36. The lowest BCUT2D eigenvalue weighted by atomic mass is 9.92. The van der Waals surface area contributed by atoms with Crippen LogP contribution in [0.5, 0.6) is 0 Å². The van der Waals surface area contributed by atoms with Crippen molar-refractivity contribution in [2.24, 2.45) is 0 Å². The monoisotopic (exact) mass is 421 g/mol. The molecule has 6 heteroatoms. The lowest BCUT2D eigenvalue weighted by Crippen LogP contribution is -2.65. The first kappa shape index (κ1) is 19.4. The molecule has 0 bridgehead atoms. The Morgan fingerprint density at radius 1 is 1.17 bits per heavy atom. The summed E-state index contributed by atoms with van der Waals surface area (Å²) in [7, 11) is 0. The van der Waals surface area contributed by atoms with Crippen molar-refractivity contribution in [3.63, 3.8) is 0 Å². The number of amides is 2. The van der Waals surface area contributed by atoms with E-state index >= 15 is 0 Å². The number of hydrogen-bond acceptors (Lipinski definition) is 3. The quantitative estimate of drug-likeness (QED) is 0.661. The van der Waals surface area contributed by atoms with E-state index < -0.39 is 5.54 Å². The van der Waals surface area contributed by atoms with Crippen LogP contribution in [0.1, 0.15) is 54.2 Å². The maximum absolute atomic E-state index is 13.8. The zero-order valence-corrected chi connectivity index (χ0v) is 18.5.